The van der Waals surface area contributed by atoms with Crippen LogP contribution < -0.4 is 5.32 Å². The second kappa shape index (κ2) is 3.94. The zero-order chi connectivity index (χ0) is 10.9. The van der Waals surface area contributed by atoms with Gasteiger partial charge in [-0.25, -0.2) is 9.07 Å². The number of alkyl halides is 1. The Morgan fingerprint density at radius 2 is 2.14 bits per heavy atom. The smallest absolute Gasteiger partial charge is 0.162 e. The fraction of sp³-hybridized carbons (Fsp3) is 0.750. The standard InChI is InChI=1S/C8H14BrFN4/c1-8(2,11-3)6(10)5-7(9)12-13-14(5)4/h6,11H,1-4H3. The van der Waals surface area contributed by atoms with Crippen LogP contribution in [0.2, 0.25) is 0 Å². The lowest BCUT2D eigenvalue weighted by atomic mass is 9.97. The third kappa shape index (κ3) is 1.95. The predicted molar refractivity (Wildman–Crippen MR) is 55.7 cm³/mol. The van der Waals surface area contributed by atoms with E-state index in [-0.39, 0.29) is 0 Å². The van der Waals surface area contributed by atoms with Crippen molar-refractivity contribution in [1.29, 1.82) is 0 Å². The summed E-state index contributed by atoms with van der Waals surface area (Å²) >= 11 is 3.18. The highest BCUT2D eigenvalue weighted by Gasteiger charge is 2.33. The molecule has 0 saturated heterocycles. The summed E-state index contributed by atoms with van der Waals surface area (Å²) in [5.74, 6) is 0. The molecule has 1 aromatic rings. The number of nitrogens with zero attached hydrogens (tertiary/aromatic N) is 3. The Balaban J connectivity index is 3.06. The molecule has 0 bridgehead atoms. The van der Waals surface area contributed by atoms with E-state index >= 15 is 0 Å². The number of hydrogen-bond acceptors (Lipinski definition) is 3. The van der Waals surface area contributed by atoms with Crippen LogP contribution in [0.25, 0.3) is 0 Å². The van der Waals surface area contributed by atoms with Crippen molar-refractivity contribution in [3.8, 4) is 0 Å². The van der Waals surface area contributed by atoms with Gasteiger partial charge < -0.3 is 5.32 Å². The van der Waals surface area contributed by atoms with Crippen molar-refractivity contribution < 1.29 is 4.39 Å². The summed E-state index contributed by atoms with van der Waals surface area (Å²) in [5, 5.41) is 10.4. The van der Waals surface area contributed by atoms with Crippen molar-refractivity contribution in [2.45, 2.75) is 25.6 Å². The van der Waals surface area contributed by atoms with Gasteiger partial charge in [0, 0.05) is 12.6 Å². The fourth-order valence-corrected chi connectivity index (χ4v) is 1.60. The van der Waals surface area contributed by atoms with Crippen molar-refractivity contribution in [3.63, 3.8) is 0 Å². The predicted octanol–water partition coefficient (Wildman–Crippen LogP) is 1.59. The van der Waals surface area contributed by atoms with Crippen LogP contribution in [0, 0.1) is 0 Å². The van der Waals surface area contributed by atoms with Crippen LogP contribution in [0.1, 0.15) is 25.7 Å². The minimum atomic E-state index is -1.16. The maximum atomic E-state index is 14.1. The second-order valence-corrected chi connectivity index (χ2v) is 4.47. The van der Waals surface area contributed by atoms with Gasteiger partial charge in [0.15, 0.2) is 10.8 Å². The second-order valence-electron chi connectivity index (χ2n) is 3.72. The molecule has 0 amide bonds. The number of halogens is 2. The quantitative estimate of drug-likeness (QED) is 0.902. The molecule has 0 aliphatic rings. The van der Waals surface area contributed by atoms with Gasteiger partial charge in [0.1, 0.15) is 5.69 Å². The summed E-state index contributed by atoms with van der Waals surface area (Å²) in [4.78, 5) is 0. The topological polar surface area (TPSA) is 42.7 Å². The minimum absolute atomic E-state index is 0.448. The van der Waals surface area contributed by atoms with Gasteiger partial charge in [-0.2, -0.15) is 0 Å². The van der Waals surface area contributed by atoms with Crippen LogP contribution in [0.4, 0.5) is 4.39 Å². The first-order chi connectivity index (χ1) is 6.40. The number of aromatic nitrogens is 3. The molecular weight excluding hydrogens is 251 g/mol. The Hall–Kier alpha value is -0.490. The monoisotopic (exact) mass is 264 g/mol. The van der Waals surface area contributed by atoms with E-state index in [0.29, 0.717) is 10.3 Å². The Morgan fingerprint density at radius 3 is 2.50 bits per heavy atom. The van der Waals surface area contributed by atoms with E-state index in [1.807, 2.05) is 0 Å². The molecule has 0 radical (unpaired) electrons. The molecule has 1 unspecified atom stereocenters. The molecule has 0 saturated carbocycles. The lowest BCUT2D eigenvalue weighted by Crippen LogP contribution is -2.41. The van der Waals surface area contributed by atoms with Gasteiger partial charge in [-0.1, -0.05) is 5.21 Å². The number of nitrogens with one attached hydrogen (secondary N) is 1. The van der Waals surface area contributed by atoms with Crippen LogP contribution in [-0.4, -0.2) is 27.6 Å². The van der Waals surface area contributed by atoms with Gasteiger partial charge >= 0.3 is 0 Å². The van der Waals surface area contributed by atoms with Gasteiger partial charge in [0.05, 0.1) is 0 Å². The van der Waals surface area contributed by atoms with Crippen LogP contribution in [0.15, 0.2) is 4.60 Å². The molecule has 0 aliphatic heterocycles. The maximum absolute atomic E-state index is 14.1. The van der Waals surface area contributed by atoms with Gasteiger partial charge in [0.2, 0.25) is 0 Å². The SMILES string of the molecule is CNC(C)(C)C(F)c1c(Br)nnn1C. The molecule has 1 N–H and O–H groups in total. The molecule has 6 heteroatoms. The van der Waals surface area contributed by atoms with Crippen molar-refractivity contribution in [2.24, 2.45) is 7.05 Å². The normalized spacial score (nSPS) is 14.4. The Bertz CT molecular complexity index is 304. The summed E-state index contributed by atoms with van der Waals surface area (Å²) in [6, 6.07) is 0. The molecule has 0 aromatic carbocycles. The molecule has 4 nitrogen and oxygen atoms in total. The summed E-state index contributed by atoms with van der Waals surface area (Å²) in [6.45, 7) is 3.58. The van der Waals surface area contributed by atoms with Crippen LogP contribution in [-0.2, 0) is 7.05 Å². The largest absolute Gasteiger partial charge is 0.312 e. The first-order valence-electron chi connectivity index (χ1n) is 4.28. The van der Waals surface area contributed by atoms with Crippen molar-refractivity contribution in [3.05, 3.63) is 10.3 Å². The van der Waals surface area contributed by atoms with Crippen molar-refractivity contribution in [2.75, 3.05) is 7.05 Å². The van der Waals surface area contributed by atoms with Crippen LogP contribution in [0.3, 0.4) is 0 Å². The molecule has 0 aliphatic carbocycles. The average Bonchev–Trinajstić information content (AvgIpc) is 2.45. The van der Waals surface area contributed by atoms with Crippen LogP contribution >= 0.6 is 15.9 Å². The zero-order valence-electron chi connectivity index (χ0n) is 8.67. The van der Waals surface area contributed by atoms with Gasteiger partial charge in [-0.3, -0.25) is 0 Å². The Morgan fingerprint density at radius 1 is 1.57 bits per heavy atom. The van der Waals surface area contributed by atoms with E-state index in [1.165, 1.54) is 4.68 Å². The summed E-state index contributed by atoms with van der Waals surface area (Å²) in [7, 11) is 3.40. The Labute approximate surface area is 91.0 Å². The average molecular weight is 265 g/mol. The van der Waals surface area contributed by atoms with E-state index in [4.69, 9.17) is 0 Å². The fourth-order valence-electron chi connectivity index (χ4n) is 1.08. The van der Waals surface area contributed by atoms with Gasteiger partial charge in [-0.05, 0) is 36.8 Å². The number of likely N-dealkylation sites (N-methyl/N-ethyl adjacent to an activating group) is 1. The van der Waals surface area contributed by atoms with Crippen molar-refractivity contribution in [1.82, 2.24) is 20.3 Å². The summed E-state index contributed by atoms with van der Waals surface area (Å²) in [5.41, 5.74) is -0.192. The lowest BCUT2D eigenvalue weighted by Gasteiger charge is -2.28. The van der Waals surface area contributed by atoms with E-state index in [1.54, 1.807) is 27.9 Å². The molecule has 1 aromatic heterocycles. The third-order valence-corrected chi connectivity index (χ3v) is 2.91. The highest BCUT2D eigenvalue weighted by Crippen LogP contribution is 2.32. The zero-order valence-corrected chi connectivity index (χ0v) is 10.3. The molecular formula is C8H14BrFN4. The number of aryl methyl sites for hydroxylation is 1. The molecule has 0 spiro atoms. The molecule has 0 fully saturated rings. The Kier molecular flexibility index (Phi) is 3.26. The van der Waals surface area contributed by atoms with E-state index in [9.17, 15) is 4.39 Å². The minimum Gasteiger partial charge on any atom is -0.312 e. The third-order valence-electron chi connectivity index (χ3n) is 2.34. The highest BCUT2D eigenvalue weighted by atomic mass is 79.9. The molecule has 1 rings (SSSR count). The summed E-state index contributed by atoms with van der Waals surface area (Å²) < 4.78 is 16.0. The van der Waals surface area contributed by atoms with Gasteiger partial charge in [-0.15, -0.1) is 5.10 Å². The molecule has 1 heterocycles. The highest BCUT2D eigenvalue weighted by molar-refractivity contribution is 9.10. The maximum Gasteiger partial charge on any atom is 0.162 e. The summed E-state index contributed by atoms with van der Waals surface area (Å²) in [6.07, 6.45) is -1.16. The van der Waals surface area contributed by atoms with Gasteiger partial charge in [0.25, 0.3) is 0 Å². The number of hydrogen-bond donors (Lipinski definition) is 1. The number of rotatable bonds is 3. The first kappa shape index (κ1) is 11.6. The van der Waals surface area contributed by atoms with Crippen molar-refractivity contribution >= 4 is 15.9 Å². The van der Waals surface area contributed by atoms with Crippen LogP contribution in [0.5, 0.6) is 0 Å². The first-order valence-corrected chi connectivity index (χ1v) is 5.07. The van der Waals surface area contributed by atoms with E-state index in [2.05, 4.69) is 31.6 Å². The molecule has 14 heavy (non-hydrogen) atoms. The van der Waals surface area contributed by atoms with E-state index in [0.717, 1.165) is 0 Å². The molecule has 80 valence electrons. The molecule has 1 atom stereocenters. The lowest BCUT2D eigenvalue weighted by molar-refractivity contribution is 0.180. The van der Waals surface area contributed by atoms with E-state index < -0.39 is 11.7 Å².